The van der Waals surface area contributed by atoms with Gasteiger partial charge in [-0.2, -0.15) is 0 Å². The van der Waals surface area contributed by atoms with Gasteiger partial charge in [-0.05, 0) is 13.3 Å². The fraction of sp³-hybridized carbons (Fsp3) is 0.800. The molecule has 5 nitrogen and oxygen atoms in total. The molecule has 0 aromatic heterocycles. The van der Waals surface area contributed by atoms with Crippen LogP contribution in [0.25, 0.3) is 0 Å². The number of nitrogens with zero attached hydrogens (tertiary/aromatic N) is 1. The van der Waals surface area contributed by atoms with Crippen molar-refractivity contribution in [2.45, 2.75) is 45.7 Å². The second-order valence-electron chi connectivity index (χ2n) is 4.02. The predicted molar refractivity (Wildman–Crippen MR) is 62.7 cm³/mol. The van der Waals surface area contributed by atoms with Crippen molar-refractivity contribution in [2.75, 3.05) is 6.54 Å². The van der Waals surface area contributed by atoms with Crippen molar-refractivity contribution in [3.05, 3.63) is 0 Å². The maximum Gasteiger partial charge on any atom is 0.185 e. The molecule has 0 saturated heterocycles. The lowest BCUT2D eigenvalue weighted by Crippen LogP contribution is -2.37. The third-order valence-electron chi connectivity index (χ3n) is 1.87. The molecule has 0 fully saturated rings. The molecule has 0 rings (SSSR count). The first kappa shape index (κ1) is 13.9. The van der Waals surface area contributed by atoms with Gasteiger partial charge in [0.1, 0.15) is 5.78 Å². The number of nitrogens with one attached hydrogen (secondary N) is 1. The largest absolute Gasteiger partial charge is 0.370 e. The van der Waals surface area contributed by atoms with Crippen LogP contribution in [0.15, 0.2) is 4.99 Å². The van der Waals surface area contributed by atoms with Gasteiger partial charge in [0.2, 0.25) is 0 Å². The number of Topliss-reactive ketones (excluding diaryl/α,β-unsaturated/α-hetero) is 1. The van der Waals surface area contributed by atoms with Crippen LogP contribution in [-0.4, -0.2) is 30.4 Å². The van der Waals surface area contributed by atoms with E-state index in [1.165, 1.54) is 0 Å². The van der Waals surface area contributed by atoms with Crippen LogP contribution in [0.4, 0.5) is 0 Å². The molecule has 5 N–H and O–H groups in total. The molecule has 0 aromatic rings. The average Bonchev–Trinajstić information content (AvgIpc) is 2.00. The molecule has 0 aliphatic heterocycles. The van der Waals surface area contributed by atoms with Gasteiger partial charge in [-0.15, -0.1) is 0 Å². The normalized spacial score (nSPS) is 12.5. The van der Waals surface area contributed by atoms with Gasteiger partial charge in [-0.25, -0.2) is 0 Å². The Morgan fingerprint density at radius 3 is 2.40 bits per heavy atom. The molecule has 88 valence electrons. The van der Waals surface area contributed by atoms with Gasteiger partial charge in [0.25, 0.3) is 0 Å². The van der Waals surface area contributed by atoms with Gasteiger partial charge in [0.05, 0.1) is 0 Å². The van der Waals surface area contributed by atoms with Crippen molar-refractivity contribution in [2.24, 2.45) is 16.5 Å². The van der Waals surface area contributed by atoms with Gasteiger partial charge >= 0.3 is 0 Å². The van der Waals surface area contributed by atoms with E-state index in [1.54, 1.807) is 6.92 Å². The van der Waals surface area contributed by atoms with E-state index in [2.05, 4.69) is 10.3 Å². The molecule has 5 heteroatoms. The van der Waals surface area contributed by atoms with E-state index < -0.39 is 0 Å². The van der Waals surface area contributed by atoms with Crippen molar-refractivity contribution in [3.63, 3.8) is 0 Å². The zero-order valence-electron chi connectivity index (χ0n) is 9.79. The summed E-state index contributed by atoms with van der Waals surface area (Å²) in [5.41, 5.74) is 10.4. The highest BCUT2D eigenvalue weighted by molar-refractivity contribution is 5.76. The molecule has 0 amide bonds. The molecule has 0 aliphatic carbocycles. The minimum Gasteiger partial charge on any atom is -0.370 e. The molecule has 0 heterocycles. The Kier molecular flexibility index (Phi) is 6.70. The maximum absolute atomic E-state index is 11.0. The maximum atomic E-state index is 11.0. The number of guanidine groups is 1. The van der Waals surface area contributed by atoms with Crippen LogP contribution in [0.2, 0.25) is 0 Å². The van der Waals surface area contributed by atoms with E-state index in [9.17, 15) is 4.79 Å². The summed E-state index contributed by atoms with van der Waals surface area (Å²) in [4.78, 5) is 14.9. The topological polar surface area (TPSA) is 93.5 Å². The first-order valence-electron chi connectivity index (χ1n) is 5.22. The second kappa shape index (κ2) is 7.23. The summed E-state index contributed by atoms with van der Waals surface area (Å²) in [7, 11) is 0. The lowest BCUT2D eigenvalue weighted by molar-refractivity contribution is -0.117. The number of hydrogen-bond donors (Lipinski definition) is 3. The minimum atomic E-state index is 0.0983. The van der Waals surface area contributed by atoms with E-state index in [-0.39, 0.29) is 17.8 Å². The van der Waals surface area contributed by atoms with Crippen molar-refractivity contribution in [1.82, 2.24) is 5.32 Å². The fourth-order valence-corrected chi connectivity index (χ4v) is 1.41. The Hall–Kier alpha value is -1.10. The zero-order chi connectivity index (χ0) is 11.8. The molecular formula is C10H22N4O. The Morgan fingerprint density at radius 2 is 2.00 bits per heavy atom. The highest BCUT2D eigenvalue weighted by Crippen LogP contribution is 2.01. The van der Waals surface area contributed by atoms with Gasteiger partial charge in [0, 0.05) is 25.0 Å². The molecule has 0 aliphatic rings. The first-order valence-corrected chi connectivity index (χ1v) is 5.22. The van der Waals surface area contributed by atoms with Crippen molar-refractivity contribution >= 4 is 11.7 Å². The molecule has 0 saturated carbocycles. The van der Waals surface area contributed by atoms with Crippen LogP contribution < -0.4 is 16.8 Å². The standard InChI is InChI=1S/C10H22N4O/c1-7(2)14-9(6-8(3)15)4-5-13-10(11)12/h7,9,14H,4-6H2,1-3H3,(H4,11,12,13). The van der Waals surface area contributed by atoms with Crippen molar-refractivity contribution < 1.29 is 4.79 Å². The van der Waals surface area contributed by atoms with Crippen molar-refractivity contribution in [3.8, 4) is 0 Å². The number of aliphatic imine (C=N–C) groups is 1. The second-order valence-corrected chi connectivity index (χ2v) is 4.02. The SMILES string of the molecule is CC(=O)CC(CCN=C(N)N)NC(C)C. The highest BCUT2D eigenvalue weighted by atomic mass is 16.1. The quantitative estimate of drug-likeness (QED) is 0.410. The molecular weight excluding hydrogens is 192 g/mol. The molecule has 1 atom stereocenters. The van der Waals surface area contributed by atoms with E-state index >= 15 is 0 Å². The summed E-state index contributed by atoms with van der Waals surface area (Å²) in [6.45, 7) is 6.25. The van der Waals surface area contributed by atoms with E-state index in [0.717, 1.165) is 6.42 Å². The van der Waals surface area contributed by atoms with Gasteiger partial charge in [-0.3, -0.25) is 9.79 Å². The number of hydrogen-bond acceptors (Lipinski definition) is 3. The Balaban J connectivity index is 4.00. The molecule has 0 bridgehead atoms. The van der Waals surface area contributed by atoms with Crippen LogP contribution in [-0.2, 0) is 4.79 Å². The fourth-order valence-electron chi connectivity index (χ4n) is 1.41. The highest BCUT2D eigenvalue weighted by Gasteiger charge is 2.11. The summed E-state index contributed by atoms with van der Waals surface area (Å²) >= 11 is 0. The predicted octanol–water partition coefficient (Wildman–Crippen LogP) is -0.00440. The average molecular weight is 214 g/mol. The lowest BCUT2D eigenvalue weighted by Gasteiger charge is -2.19. The van der Waals surface area contributed by atoms with E-state index in [4.69, 9.17) is 11.5 Å². The molecule has 0 radical (unpaired) electrons. The summed E-state index contributed by atoms with van der Waals surface area (Å²) in [6, 6.07) is 0.513. The number of ketones is 1. The third kappa shape index (κ3) is 9.21. The minimum absolute atomic E-state index is 0.0983. The number of carbonyl (C=O) groups excluding carboxylic acids is 1. The summed E-state index contributed by atoms with van der Waals surface area (Å²) in [6.07, 6.45) is 1.30. The first-order chi connectivity index (χ1) is 6.91. The van der Waals surface area contributed by atoms with Crippen LogP contribution in [0.3, 0.4) is 0 Å². The van der Waals surface area contributed by atoms with Crippen LogP contribution >= 0.6 is 0 Å². The lowest BCUT2D eigenvalue weighted by atomic mass is 10.1. The Bertz CT molecular complexity index is 221. The molecule has 0 spiro atoms. The number of nitrogens with two attached hydrogens (primary N) is 2. The van der Waals surface area contributed by atoms with Crippen LogP contribution in [0, 0.1) is 0 Å². The summed E-state index contributed by atoms with van der Waals surface area (Å²) < 4.78 is 0. The summed E-state index contributed by atoms with van der Waals surface area (Å²) in [5, 5.41) is 3.31. The Morgan fingerprint density at radius 1 is 1.40 bits per heavy atom. The third-order valence-corrected chi connectivity index (χ3v) is 1.87. The van der Waals surface area contributed by atoms with Crippen molar-refractivity contribution in [1.29, 1.82) is 0 Å². The van der Waals surface area contributed by atoms with E-state index in [1.807, 2.05) is 13.8 Å². The van der Waals surface area contributed by atoms with E-state index in [0.29, 0.717) is 19.0 Å². The number of rotatable bonds is 7. The smallest absolute Gasteiger partial charge is 0.185 e. The van der Waals surface area contributed by atoms with Gasteiger partial charge < -0.3 is 16.8 Å². The monoisotopic (exact) mass is 214 g/mol. The van der Waals surface area contributed by atoms with Gasteiger partial charge in [0.15, 0.2) is 5.96 Å². The summed E-state index contributed by atoms with van der Waals surface area (Å²) in [5.74, 6) is 0.277. The molecule has 1 unspecified atom stereocenters. The van der Waals surface area contributed by atoms with Crippen LogP contribution in [0.5, 0.6) is 0 Å². The zero-order valence-corrected chi connectivity index (χ0v) is 9.79. The molecule has 0 aromatic carbocycles. The van der Waals surface area contributed by atoms with Crippen LogP contribution in [0.1, 0.15) is 33.6 Å². The Labute approximate surface area is 91.3 Å². The molecule has 15 heavy (non-hydrogen) atoms. The number of carbonyl (C=O) groups is 1. The van der Waals surface area contributed by atoms with Gasteiger partial charge in [-0.1, -0.05) is 13.8 Å².